The Bertz CT molecular complexity index is 1300. The van der Waals surface area contributed by atoms with Gasteiger partial charge in [-0.05, 0) is 48.7 Å². The van der Waals surface area contributed by atoms with Crippen molar-refractivity contribution in [1.82, 2.24) is 25.2 Å². The summed E-state index contributed by atoms with van der Waals surface area (Å²) < 4.78 is 5.39. The first-order valence-corrected chi connectivity index (χ1v) is 11.8. The summed E-state index contributed by atoms with van der Waals surface area (Å²) in [7, 11) is 0. The van der Waals surface area contributed by atoms with Crippen LogP contribution in [0.5, 0.6) is 0 Å². The van der Waals surface area contributed by atoms with E-state index in [1.165, 1.54) is 0 Å². The number of benzene rings is 2. The van der Waals surface area contributed by atoms with E-state index >= 15 is 0 Å². The number of hydrogen-bond acceptors (Lipinski definition) is 5. The van der Waals surface area contributed by atoms with E-state index in [9.17, 15) is 9.59 Å². The van der Waals surface area contributed by atoms with Gasteiger partial charge in [0, 0.05) is 36.6 Å². The molecular weight excluding hydrogens is 442 g/mol. The predicted molar refractivity (Wildman–Crippen MR) is 133 cm³/mol. The topological polar surface area (TPSA) is 100 Å². The molecule has 35 heavy (non-hydrogen) atoms. The van der Waals surface area contributed by atoms with Crippen LogP contribution >= 0.6 is 0 Å². The Labute approximate surface area is 203 Å². The fraction of sp³-hybridized carbons (Fsp3) is 0.259. The van der Waals surface area contributed by atoms with Crippen molar-refractivity contribution in [2.75, 3.05) is 26.3 Å². The van der Waals surface area contributed by atoms with Crippen molar-refractivity contribution in [3.8, 4) is 11.4 Å². The number of fused-ring (bicyclic) bond motifs is 1. The minimum atomic E-state index is -0.620. The summed E-state index contributed by atoms with van der Waals surface area (Å²) in [6, 6.07) is 18.4. The van der Waals surface area contributed by atoms with Crippen LogP contribution in [0.4, 0.5) is 0 Å². The molecule has 178 valence electrons. The van der Waals surface area contributed by atoms with Gasteiger partial charge < -0.3 is 19.9 Å². The zero-order chi connectivity index (χ0) is 24.0. The Balaban J connectivity index is 1.34. The van der Waals surface area contributed by atoms with Crippen LogP contribution in [0.2, 0.25) is 0 Å². The Hall–Kier alpha value is -4.04. The largest absolute Gasteiger partial charge is 0.378 e. The van der Waals surface area contributed by atoms with Crippen molar-refractivity contribution in [2.45, 2.75) is 18.9 Å². The van der Waals surface area contributed by atoms with E-state index in [4.69, 9.17) is 4.74 Å². The predicted octanol–water partition coefficient (Wildman–Crippen LogP) is 3.21. The van der Waals surface area contributed by atoms with E-state index in [1.54, 1.807) is 29.4 Å². The molecule has 2 aromatic heterocycles. The number of hydrogen-bond donors (Lipinski definition) is 2. The lowest BCUT2D eigenvalue weighted by atomic mass is 10.0. The molecule has 3 heterocycles. The van der Waals surface area contributed by atoms with E-state index in [0.717, 1.165) is 22.2 Å². The fourth-order valence-corrected chi connectivity index (χ4v) is 4.26. The highest BCUT2D eigenvalue weighted by Gasteiger charge is 2.27. The Morgan fingerprint density at radius 2 is 1.80 bits per heavy atom. The molecule has 1 saturated heterocycles. The van der Waals surface area contributed by atoms with Gasteiger partial charge >= 0.3 is 0 Å². The summed E-state index contributed by atoms with van der Waals surface area (Å²) in [5, 5.41) is 2.99. The molecule has 1 aliphatic heterocycles. The van der Waals surface area contributed by atoms with Gasteiger partial charge in [-0.2, -0.15) is 0 Å². The van der Waals surface area contributed by atoms with Gasteiger partial charge in [0.1, 0.15) is 11.9 Å². The van der Waals surface area contributed by atoms with Gasteiger partial charge in [0.05, 0.1) is 24.2 Å². The molecule has 0 spiro atoms. The van der Waals surface area contributed by atoms with E-state index in [1.807, 2.05) is 48.5 Å². The summed E-state index contributed by atoms with van der Waals surface area (Å²) >= 11 is 0. The van der Waals surface area contributed by atoms with Crippen molar-refractivity contribution in [2.24, 2.45) is 0 Å². The van der Waals surface area contributed by atoms with Crippen molar-refractivity contribution in [3.63, 3.8) is 0 Å². The van der Waals surface area contributed by atoms with Crippen LogP contribution in [-0.2, 0) is 16.0 Å². The number of morpholine rings is 1. The molecule has 1 aliphatic rings. The SMILES string of the molecule is O=C(NC(CCc1ccccc1)C(=O)N1CCOCC1)c1ccc2nc(-c3ccncc3)[nH]c2c1. The van der Waals surface area contributed by atoms with Gasteiger partial charge in [-0.25, -0.2) is 4.98 Å². The number of amides is 2. The molecule has 2 amide bonds. The number of rotatable bonds is 7. The quantitative estimate of drug-likeness (QED) is 0.433. The van der Waals surface area contributed by atoms with E-state index < -0.39 is 6.04 Å². The number of nitrogens with zero attached hydrogens (tertiary/aromatic N) is 3. The summed E-state index contributed by atoms with van der Waals surface area (Å²) in [4.78, 5) is 40.2. The molecule has 0 bridgehead atoms. The third-order valence-electron chi connectivity index (χ3n) is 6.19. The fourth-order valence-electron chi connectivity index (χ4n) is 4.26. The van der Waals surface area contributed by atoms with Gasteiger partial charge in [0.15, 0.2) is 0 Å². The summed E-state index contributed by atoms with van der Waals surface area (Å²) in [5.74, 6) is 0.356. The maximum Gasteiger partial charge on any atom is 0.252 e. The first-order valence-electron chi connectivity index (χ1n) is 11.8. The molecule has 4 aromatic rings. The molecule has 8 heteroatoms. The number of H-pyrrole nitrogens is 1. The number of pyridine rings is 1. The highest BCUT2D eigenvalue weighted by Crippen LogP contribution is 2.21. The molecule has 1 atom stereocenters. The number of aryl methyl sites for hydroxylation is 1. The zero-order valence-corrected chi connectivity index (χ0v) is 19.3. The first kappa shape index (κ1) is 22.7. The van der Waals surface area contributed by atoms with Crippen molar-refractivity contribution in [3.05, 3.63) is 84.2 Å². The molecule has 8 nitrogen and oxygen atoms in total. The van der Waals surface area contributed by atoms with Gasteiger partial charge in [-0.1, -0.05) is 30.3 Å². The van der Waals surface area contributed by atoms with Crippen LogP contribution in [0.15, 0.2) is 73.1 Å². The standard InChI is InChI=1S/C27H27N5O3/c33-26(21-7-9-22-24(18-21)30-25(29-22)20-10-12-28-13-11-20)31-23(8-6-19-4-2-1-3-5-19)27(34)32-14-16-35-17-15-32/h1-5,7,9-13,18,23H,6,8,14-17H2,(H,29,30)(H,31,33). The summed E-state index contributed by atoms with van der Waals surface area (Å²) in [6.07, 6.45) is 4.63. The normalized spacial score (nSPS) is 14.6. The van der Waals surface area contributed by atoms with E-state index in [0.29, 0.717) is 50.5 Å². The molecule has 5 rings (SSSR count). The van der Waals surface area contributed by atoms with E-state index in [-0.39, 0.29) is 11.8 Å². The number of carbonyl (C=O) groups is 2. The molecule has 2 N–H and O–H groups in total. The molecular formula is C27H27N5O3. The second-order valence-electron chi connectivity index (χ2n) is 8.54. The van der Waals surface area contributed by atoms with Crippen molar-refractivity contribution in [1.29, 1.82) is 0 Å². The Morgan fingerprint density at radius 3 is 2.57 bits per heavy atom. The van der Waals surface area contributed by atoms with Crippen LogP contribution < -0.4 is 5.32 Å². The molecule has 0 radical (unpaired) electrons. The maximum atomic E-state index is 13.3. The minimum absolute atomic E-state index is 0.0693. The number of carbonyl (C=O) groups excluding carboxylic acids is 2. The Morgan fingerprint density at radius 1 is 1.03 bits per heavy atom. The molecule has 1 unspecified atom stereocenters. The lowest BCUT2D eigenvalue weighted by Gasteiger charge is -2.31. The average Bonchev–Trinajstić information content (AvgIpc) is 3.36. The Kier molecular flexibility index (Phi) is 6.81. The second kappa shape index (κ2) is 10.5. The van der Waals surface area contributed by atoms with Crippen LogP contribution in [0.25, 0.3) is 22.4 Å². The van der Waals surface area contributed by atoms with E-state index in [2.05, 4.69) is 20.3 Å². The number of nitrogens with one attached hydrogen (secondary N) is 2. The average molecular weight is 470 g/mol. The van der Waals surface area contributed by atoms with Crippen LogP contribution in [0.1, 0.15) is 22.3 Å². The van der Waals surface area contributed by atoms with Gasteiger partial charge in [0.2, 0.25) is 5.91 Å². The smallest absolute Gasteiger partial charge is 0.252 e. The first-order chi connectivity index (χ1) is 17.2. The lowest BCUT2D eigenvalue weighted by molar-refractivity contribution is -0.137. The summed E-state index contributed by atoms with van der Waals surface area (Å²) in [5.41, 5.74) is 4.04. The van der Waals surface area contributed by atoms with Crippen LogP contribution in [0.3, 0.4) is 0 Å². The lowest BCUT2D eigenvalue weighted by Crippen LogP contribution is -2.52. The highest BCUT2D eigenvalue weighted by atomic mass is 16.5. The molecule has 1 fully saturated rings. The monoisotopic (exact) mass is 469 g/mol. The molecule has 0 aliphatic carbocycles. The second-order valence-corrected chi connectivity index (χ2v) is 8.54. The molecule has 0 saturated carbocycles. The minimum Gasteiger partial charge on any atom is -0.378 e. The molecule has 2 aromatic carbocycles. The number of ether oxygens (including phenoxy) is 1. The highest BCUT2D eigenvalue weighted by molar-refractivity contribution is 6.00. The van der Waals surface area contributed by atoms with Gasteiger partial charge in [0.25, 0.3) is 5.91 Å². The third kappa shape index (κ3) is 5.38. The van der Waals surface area contributed by atoms with Crippen LogP contribution in [0, 0.1) is 0 Å². The van der Waals surface area contributed by atoms with Crippen LogP contribution in [-0.4, -0.2) is 64.0 Å². The number of aromatic amines is 1. The number of aromatic nitrogens is 3. The summed E-state index contributed by atoms with van der Waals surface area (Å²) in [6.45, 7) is 2.10. The van der Waals surface area contributed by atoms with Crippen molar-refractivity contribution >= 4 is 22.8 Å². The van der Waals surface area contributed by atoms with Gasteiger partial charge in [-0.15, -0.1) is 0 Å². The van der Waals surface area contributed by atoms with Crippen molar-refractivity contribution < 1.29 is 14.3 Å². The number of imidazole rings is 1. The van der Waals surface area contributed by atoms with Gasteiger partial charge in [-0.3, -0.25) is 14.6 Å². The maximum absolute atomic E-state index is 13.3. The zero-order valence-electron chi connectivity index (χ0n) is 19.3. The third-order valence-corrected chi connectivity index (χ3v) is 6.19.